The van der Waals surface area contributed by atoms with Crippen molar-refractivity contribution in [2.45, 2.75) is 64.9 Å². The predicted octanol–water partition coefficient (Wildman–Crippen LogP) is 5.96. The molecule has 178 valence electrons. The van der Waals surface area contributed by atoms with Gasteiger partial charge in [-0.15, -0.1) is 0 Å². The van der Waals surface area contributed by atoms with Gasteiger partial charge in [-0.3, -0.25) is 4.79 Å². The summed E-state index contributed by atoms with van der Waals surface area (Å²) in [5, 5.41) is 20.9. The summed E-state index contributed by atoms with van der Waals surface area (Å²) in [6.07, 6.45) is 10.7. The van der Waals surface area contributed by atoms with Crippen LogP contribution in [0.3, 0.4) is 0 Å². The van der Waals surface area contributed by atoms with E-state index < -0.39 is 5.91 Å². The fourth-order valence-corrected chi connectivity index (χ4v) is 8.14. The van der Waals surface area contributed by atoms with E-state index in [1.165, 1.54) is 5.57 Å². The molecule has 4 nitrogen and oxygen atoms in total. The lowest BCUT2D eigenvalue weighted by molar-refractivity contribution is -0.114. The highest BCUT2D eigenvalue weighted by molar-refractivity contribution is 6.32. The average molecular weight is 477 g/mol. The number of nitrogens with zero attached hydrogens (tertiary/aromatic N) is 1. The number of nitrogens with two attached hydrogens (primary N) is 1. The first kappa shape index (κ1) is 23.4. The Morgan fingerprint density at radius 1 is 1.18 bits per heavy atom. The fourth-order valence-electron chi connectivity index (χ4n) is 7.95. The van der Waals surface area contributed by atoms with Crippen LogP contribution in [0.25, 0.3) is 6.08 Å². The van der Waals surface area contributed by atoms with Gasteiger partial charge < -0.3 is 10.8 Å². The number of carbonyl (C=O) groups excluding carboxylic acids is 1. The number of rotatable bonds is 2. The van der Waals surface area contributed by atoms with E-state index in [2.05, 4.69) is 32.1 Å². The van der Waals surface area contributed by atoms with Crippen LogP contribution in [0.15, 0.2) is 52.6 Å². The number of aliphatic hydroxyl groups excluding tert-OH is 1. The summed E-state index contributed by atoms with van der Waals surface area (Å²) in [7, 11) is 0. The molecule has 3 N–H and O–H groups in total. The Balaban J connectivity index is 1.63. The average Bonchev–Trinajstić information content (AvgIpc) is 3.08. The van der Waals surface area contributed by atoms with E-state index in [9.17, 15) is 15.2 Å². The van der Waals surface area contributed by atoms with Crippen molar-refractivity contribution in [1.29, 1.82) is 5.26 Å². The Morgan fingerprint density at radius 2 is 1.91 bits per heavy atom. The highest BCUT2D eigenvalue weighted by atomic mass is 35.5. The van der Waals surface area contributed by atoms with Crippen LogP contribution >= 0.6 is 11.6 Å². The van der Waals surface area contributed by atoms with Gasteiger partial charge in [-0.2, -0.15) is 5.26 Å². The topological polar surface area (TPSA) is 87.1 Å². The van der Waals surface area contributed by atoms with Crippen molar-refractivity contribution in [1.82, 2.24) is 0 Å². The summed E-state index contributed by atoms with van der Waals surface area (Å²) in [4.78, 5) is 12.4. The van der Waals surface area contributed by atoms with E-state index in [0.717, 1.165) is 61.7 Å². The van der Waals surface area contributed by atoms with Gasteiger partial charge in [0.1, 0.15) is 11.6 Å². The maximum Gasteiger partial charge on any atom is 0.259 e. The lowest BCUT2D eigenvalue weighted by Crippen LogP contribution is -2.49. The van der Waals surface area contributed by atoms with Crippen LogP contribution in [0.5, 0.6) is 0 Å². The van der Waals surface area contributed by atoms with E-state index >= 15 is 0 Å². The van der Waals surface area contributed by atoms with Crippen molar-refractivity contribution in [3.63, 3.8) is 0 Å². The Morgan fingerprint density at radius 3 is 2.62 bits per heavy atom. The van der Waals surface area contributed by atoms with Gasteiger partial charge in [-0.1, -0.05) is 55.3 Å². The van der Waals surface area contributed by atoms with Crippen LogP contribution in [0, 0.1) is 39.9 Å². The van der Waals surface area contributed by atoms with Gasteiger partial charge in [0.25, 0.3) is 5.91 Å². The second-order valence-electron chi connectivity index (χ2n) is 11.2. The van der Waals surface area contributed by atoms with Crippen LogP contribution in [-0.2, 0) is 4.79 Å². The molecule has 5 rings (SSSR count). The maximum atomic E-state index is 12.4. The number of carbonyl (C=O) groups is 1. The molecule has 0 radical (unpaired) electrons. The Hall–Kier alpha value is -2.35. The molecule has 1 aromatic carbocycles. The molecule has 1 amide bonds. The second kappa shape index (κ2) is 8.40. The van der Waals surface area contributed by atoms with Crippen LogP contribution in [-0.4, -0.2) is 17.1 Å². The third-order valence-electron chi connectivity index (χ3n) is 9.64. The molecular formula is C29H33ClN2O2. The Labute approximate surface area is 207 Å². The van der Waals surface area contributed by atoms with Crippen LogP contribution in [0.1, 0.15) is 64.4 Å². The van der Waals surface area contributed by atoms with E-state index in [4.69, 9.17) is 17.3 Å². The minimum Gasteiger partial charge on any atom is -0.393 e. The largest absolute Gasteiger partial charge is 0.393 e. The number of amides is 1. The SMILES string of the molecule is C[C@]12CC[C@H](O)CC1=CC[C@@H]1[C@@H]2CC[C@]2(C)C(=C(\C#N)C(N)=O)/C(=C/c3ccccc3Cl)C[C@@H]12. The maximum absolute atomic E-state index is 12.4. The minimum atomic E-state index is -0.648. The van der Waals surface area contributed by atoms with Crippen molar-refractivity contribution >= 4 is 23.6 Å². The standard InChI is InChI=1S/C29H33ClN2O2/c1-28-11-9-20(33)15-19(28)7-8-21-23(28)10-12-29(2)24(21)14-18(26(29)22(16-31)27(32)34)13-17-5-3-4-6-25(17)30/h3-7,13,20-21,23-24,33H,8-12,14-15H2,1-2H3,(H2,32,34)/b18-13+,26-22+/t20-,21+,23-,24-,28-,29-/m0/s1. The van der Waals surface area contributed by atoms with Crippen molar-refractivity contribution < 1.29 is 9.90 Å². The number of fused-ring (bicyclic) bond motifs is 5. The van der Waals surface area contributed by atoms with E-state index in [-0.39, 0.29) is 22.5 Å². The molecular weight excluding hydrogens is 444 g/mol. The Kier molecular flexibility index (Phi) is 5.78. The van der Waals surface area contributed by atoms with Crippen molar-refractivity contribution in [2.24, 2.45) is 34.3 Å². The van der Waals surface area contributed by atoms with E-state index in [1.54, 1.807) is 0 Å². The quantitative estimate of drug-likeness (QED) is 0.313. The summed E-state index contributed by atoms with van der Waals surface area (Å²) < 4.78 is 0. The van der Waals surface area contributed by atoms with Crippen molar-refractivity contribution in [2.75, 3.05) is 0 Å². The first-order chi connectivity index (χ1) is 16.2. The smallest absolute Gasteiger partial charge is 0.259 e. The molecule has 0 aromatic heterocycles. The number of primary amides is 1. The third kappa shape index (κ3) is 3.48. The van der Waals surface area contributed by atoms with Gasteiger partial charge in [-0.05, 0) is 102 Å². The zero-order valence-corrected chi connectivity index (χ0v) is 20.7. The minimum absolute atomic E-state index is 0.0980. The molecule has 6 atom stereocenters. The van der Waals surface area contributed by atoms with Gasteiger partial charge in [0.2, 0.25) is 0 Å². The number of benzene rings is 1. The molecule has 0 unspecified atom stereocenters. The van der Waals surface area contributed by atoms with Gasteiger partial charge in [0, 0.05) is 5.02 Å². The molecule has 0 heterocycles. The van der Waals surface area contributed by atoms with Crippen LogP contribution in [0.2, 0.25) is 5.02 Å². The number of nitriles is 1. The van der Waals surface area contributed by atoms with Gasteiger partial charge in [0.15, 0.2) is 0 Å². The monoisotopic (exact) mass is 476 g/mol. The van der Waals surface area contributed by atoms with E-state index in [0.29, 0.717) is 22.8 Å². The molecule has 4 aliphatic carbocycles. The molecule has 0 aliphatic heterocycles. The van der Waals surface area contributed by atoms with Gasteiger partial charge in [0.05, 0.1) is 6.10 Å². The highest BCUT2D eigenvalue weighted by Gasteiger charge is 2.59. The normalized spacial score (nSPS) is 39.4. The predicted molar refractivity (Wildman–Crippen MR) is 134 cm³/mol. The first-order valence-corrected chi connectivity index (χ1v) is 12.8. The molecule has 5 heteroatoms. The highest BCUT2D eigenvalue weighted by Crippen LogP contribution is 2.67. The number of halogens is 1. The lowest BCUT2D eigenvalue weighted by atomic mass is 9.47. The van der Waals surface area contributed by atoms with Gasteiger partial charge >= 0.3 is 0 Å². The Bertz CT molecular complexity index is 1170. The molecule has 34 heavy (non-hydrogen) atoms. The summed E-state index contributed by atoms with van der Waals surface area (Å²) >= 11 is 6.49. The molecule has 3 fully saturated rings. The number of aliphatic hydroxyl groups is 1. The number of hydrogen-bond donors (Lipinski definition) is 2. The van der Waals surface area contributed by atoms with Crippen LogP contribution < -0.4 is 5.73 Å². The van der Waals surface area contributed by atoms with Crippen molar-refractivity contribution in [3.05, 3.63) is 63.2 Å². The molecule has 0 saturated heterocycles. The molecule has 0 bridgehead atoms. The molecule has 4 aliphatic rings. The molecule has 0 spiro atoms. The number of hydrogen-bond acceptors (Lipinski definition) is 3. The molecule has 3 saturated carbocycles. The second-order valence-corrected chi connectivity index (χ2v) is 11.6. The van der Waals surface area contributed by atoms with Crippen molar-refractivity contribution in [3.8, 4) is 6.07 Å². The summed E-state index contributed by atoms with van der Waals surface area (Å²) in [6.45, 7) is 4.64. The zero-order chi connectivity index (χ0) is 24.3. The zero-order valence-electron chi connectivity index (χ0n) is 20.0. The lowest BCUT2D eigenvalue weighted by Gasteiger charge is -2.57. The van der Waals surface area contributed by atoms with Crippen LogP contribution in [0.4, 0.5) is 0 Å². The van der Waals surface area contributed by atoms with Gasteiger partial charge in [-0.25, -0.2) is 0 Å². The third-order valence-corrected chi connectivity index (χ3v) is 9.99. The first-order valence-electron chi connectivity index (χ1n) is 12.5. The number of allylic oxidation sites excluding steroid dienone is 3. The fraction of sp³-hybridized carbons (Fsp3) is 0.517. The summed E-state index contributed by atoms with van der Waals surface area (Å²) in [5.74, 6) is 0.714. The van der Waals surface area contributed by atoms with E-state index in [1.807, 2.05) is 24.3 Å². The summed E-state index contributed by atoms with van der Waals surface area (Å²) in [5.41, 5.74) is 9.89. The molecule has 1 aromatic rings. The summed E-state index contributed by atoms with van der Waals surface area (Å²) in [6, 6.07) is 9.84.